The Labute approximate surface area is 106 Å². The molecule has 0 spiro atoms. The lowest BCUT2D eigenvalue weighted by molar-refractivity contribution is -0.122. The maximum Gasteiger partial charge on any atom is 0.227 e. The van der Waals surface area contributed by atoms with Gasteiger partial charge in [0.2, 0.25) is 5.91 Å². The fraction of sp³-hybridized carbons (Fsp3) is 0.462. The van der Waals surface area contributed by atoms with Crippen molar-refractivity contribution in [3.05, 3.63) is 22.7 Å². The van der Waals surface area contributed by atoms with Gasteiger partial charge in [0.25, 0.3) is 0 Å². The van der Waals surface area contributed by atoms with Crippen LogP contribution in [0.4, 0.5) is 5.69 Å². The van der Waals surface area contributed by atoms with Crippen molar-refractivity contribution >= 4 is 23.2 Å². The second-order valence-electron chi connectivity index (χ2n) is 4.42. The van der Waals surface area contributed by atoms with E-state index in [1.807, 2.05) is 13.0 Å². The van der Waals surface area contributed by atoms with Crippen LogP contribution in [0.15, 0.2) is 12.1 Å². The number of carbonyl (C=O) groups is 1. The molecular formula is C13H16ClNO2. The molecule has 1 aliphatic carbocycles. The Morgan fingerprint density at radius 1 is 1.47 bits per heavy atom. The summed E-state index contributed by atoms with van der Waals surface area (Å²) >= 11 is 6.05. The van der Waals surface area contributed by atoms with Crippen LogP contribution in [0.3, 0.4) is 0 Å². The molecule has 1 N–H and O–H groups in total. The van der Waals surface area contributed by atoms with Crippen LogP contribution in [0, 0.1) is 12.8 Å². The van der Waals surface area contributed by atoms with Gasteiger partial charge in [-0.2, -0.15) is 0 Å². The lowest BCUT2D eigenvalue weighted by Gasteiger charge is -2.24. The van der Waals surface area contributed by atoms with Crippen molar-refractivity contribution in [2.24, 2.45) is 5.92 Å². The first-order chi connectivity index (χ1) is 8.11. The summed E-state index contributed by atoms with van der Waals surface area (Å²) in [6.45, 7) is 1.91. The average Bonchev–Trinajstić information content (AvgIpc) is 2.20. The van der Waals surface area contributed by atoms with Gasteiger partial charge in [-0.3, -0.25) is 4.79 Å². The Morgan fingerprint density at radius 2 is 2.18 bits per heavy atom. The smallest absolute Gasteiger partial charge is 0.227 e. The van der Waals surface area contributed by atoms with E-state index in [1.165, 1.54) is 0 Å². The Balaban J connectivity index is 2.18. The second-order valence-corrected chi connectivity index (χ2v) is 4.83. The van der Waals surface area contributed by atoms with Crippen LogP contribution >= 0.6 is 11.6 Å². The van der Waals surface area contributed by atoms with Crippen molar-refractivity contribution in [3.8, 4) is 5.75 Å². The van der Waals surface area contributed by atoms with Crippen LogP contribution in [-0.2, 0) is 4.79 Å². The number of benzene rings is 1. The fourth-order valence-corrected chi connectivity index (χ4v) is 1.99. The number of nitrogens with one attached hydrogen (secondary N) is 1. The van der Waals surface area contributed by atoms with Gasteiger partial charge in [-0.05, 0) is 37.5 Å². The van der Waals surface area contributed by atoms with Crippen molar-refractivity contribution in [2.75, 3.05) is 12.4 Å². The SMILES string of the molecule is COc1cc(C)c(Cl)cc1NC(=O)C1CCC1. The number of hydrogen-bond donors (Lipinski definition) is 1. The lowest BCUT2D eigenvalue weighted by atomic mass is 9.85. The molecule has 0 unspecified atom stereocenters. The third kappa shape index (κ3) is 2.55. The molecule has 1 aromatic carbocycles. The van der Waals surface area contributed by atoms with Gasteiger partial charge in [-0.1, -0.05) is 18.0 Å². The Hall–Kier alpha value is -1.22. The molecule has 2 rings (SSSR count). The molecule has 0 heterocycles. The third-order valence-corrected chi connectivity index (χ3v) is 3.62. The van der Waals surface area contributed by atoms with E-state index >= 15 is 0 Å². The van der Waals surface area contributed by atoms with E-state index < -0.39 is 0 Å². The minimum atomic E-state index is 0.0643. The molecule has 4 heteroatoms. The largest absolute Gasteiger partial charge is 0.495 e. The van der Waals surface area contributed by atoms with Crippen molar-refractivity contribution in [3.63, 3.8) is 0 Å². The summed E-state index contributed by atoms with van der Waals surface area (Å²) in [6.07, 6.45) is 3.10. The fourth-order valence-electron chi connectivity index (χ4n) is 1.83. The van der Waals surface area contributed by atoms with Crippen molar-refractivity contribution in [2.45, 2.75) is 26.2 Å². The zero-order valence-electron chi connectivity index (χ0n) is 10.0. The standard InChI is InChI=1S/C13H16ClNO2/c1-8-6-12(17-2)11(7-10(8)14)15-13(16)9-4-3-5-9/h6-7,9H,3-5H2,1-2H3,(H,15,16). The number of aryl methyl sites for hydroxylation is 1. The highest BCUT2D eigenvalue weighted by Crippen LogP contribution is 2.33. The number of halogens is 1. The molecular weight excluding hydrogens is 238 g/mol. The summed E-state index contributed by atoms with van der Waals surface area (Å²) in [5.41, 5.74) is 1.59. The van der Waals surface area contributed by atoms with Gasteiger partial charge in [0.15, 0.2) is 0 Å². The van der Waals surface area contributed by atoms with Gasteiger partial charge >= 0.3 is 0 Å². The molecule has 0 bridgehead atoms. The molecule has 1 saturated carbocycles. The number of rotatable bonds is 3. The monoisotopic (exact) mass is 253 g/mol. The molecule has 0 atom stereocenters. The quantitative estimate of drug-likeness (QED) is 0.897. The molecule has 92 valence electrons. The Bertz CT molecular complexity index is 441. The zero-order chi connectivity index (χ0) is 12.4. The summed E-state index contributed by atoms with van der Waals surface area (Å²) in [5, 5.41) is 3.52. The number of hydrogen-bond acceptors (Lipinski definition) is 2. The molecule has 1 amide bonds. The molecule has 0 radical (unpaired) electrons. The van der Waals surface area contributed by atoms with Gasteiger partial charge in [0.1, 0.15) is 5.75 Å². The summed E-state index contributed by atoms with van der Waals surface area (Å²) < 4.78 is 5.24. The number of methoxy groups -OCH3 is 1. The molecule has 1 aliphatic rings. The predicted octanol–water partition coefficient (Wildman–Crippen LogP) is 3.40. The van der Waals surface area contributed by atoms with Crippen LogP contribution in [-0.4, -0.2) is 13.0 Å². The molecule has 1 aromatic rings. The maximum absolute atomic E-state index is 11.8. The minimum Gasteiger partial charge on any atom is -0.495 e. The highest BCUT2D eigenvalue weighted by Gasteiger charge is 2.25. The Kier molecular flexibility index (Phi) is 3.57. The summed E-state index contributed by atoms with van der Waals surface area (Å²) in [5.74, 6) is 0.869. The first kappa shape index (κ1) is 12.2. The van der Waals surface area contributed by atoms with Crippen molar-refractivity contribution in [1.29, 1.82) is 0 Å². The Morgan fingerprint density at radius 3 is 2.71 bits per heavy atom. The maximum atomic E-state index is 11.8. The van der Waals surface area contributed by atoms with Crippen LogP contribution < -0.4 is 10.1 Å². The number of amides is 1. The highest BCUT2D eigenvalue weighted by molar-refractivity contribution is 6.31. The summed E-state index contributed by atoms with van der Waals surface area (Å²) in [6, 6.07) is 3.57. The van der Waals surface area contributed by atoms with Crippen LogP contribution in [0.25, 0.3) is 0 Å². The first-order valence-corrected chi connectivity index (χ1v) is 6.14. The minimum absolute atomic E-state index is 0.0643. The van der Waals surface area contributed by atoms with E-state index in [-0.39, 0.29) is 11.8 Å². The highest BCUT2D eigenvalue weighted by atomic mass is 35.5. The van der Waals surface area contributed by atoms with E-state index in [0.717, 1.165) is 24.8 Å². The third-order valence-electron chi connectivity index (χ3n) is 3.21. The van der Waals surface area contributed by atoms with E-state index in [4.69, 9.17) is 16.3 Å². The predicted molar refractivity (Wildman–Crippen MR) is 68.7 cm³/mol. The van der Waals surface area contributed by atoms with Gasteiger partial charge in [0, 0.05) is 10.9 Å². The molecule has 0 aromatic heterocycles. The van der Waals surface area contributed by atoms with E-state index in [1.54, 1.807) is 13.2 Å². The number of anilines is 1. The van der Waals surface area contributed by atoms with E-state index in [9.17, 15) is 4.79 Å². The van der Waals surface area contributed by atoms with Crippen molar-refractivity contribution in [1.82, 2.24) is 0 Å². The summed E-state index contributed by atoms with van der Waals surface area (Å²) in [4.78, 5) is 11.8. The molecule has 17 heavy (non-hydrogen) atoms. The second kappa shape index (κ2) is 4.96. The summed E-state index contributed by atoms with van der Waals surface area (Å²) in [7, 11) is 1.59. The number of carbonyl (C=O) groups excluding carboxylic acids is 1. The van der Waals surface area contributed by atoms with E-state index in [2.05, 4.69) is 5.32 Å². The lowest BCUT2D eigenvalue weighted by Crippen LogP contribution is -2.28. The number of ether oxygens (including phenoxy) is 1. The van der Waals surface area contributed by atoms with Gasteiger partial charge < -0.3 is 10.1 Å². The van der Waals surface area contributed by atoms with Crippen LogP contribution in [0.1, 0.15) is 24.8 Å². The van der Waals surface area contributed by atoms with Gasteiger partial charge in [-0.25, -0.2) is 0 Å². The molecule has 3 nitrogen and oxygen atoms in total. The van der Waals surface area contributed by atoms with Crippen molar-refractivity contribution < 1.29 is 9.53 Å². The van der Waals surface area contributed by atoms with Gasteiger partial charge in [0.05, 0.1) is 12.8 Å². The molecule has 1 fully saturated rings. The topological polar surface area (TPSA) is 38.3 Å². The normalized spacial score (nSPS) is 15.2. The first-order valence-electron chi connectivity index (χ1n) is 5.77. The molecule has 0 saturated heterocycles. The van der Waals surface area contributed by atoms with Crippen LogP contribution in [0.2, 0.25) is 5.02 Å². The zero-order valence-corrected chi connectivity index (χ0v) is 10.8. The van der Waals surface area contributed by atoms with Crippen LogP contribution in [0.5, 0.6) is 5.75 Å². The van der Waals surface area contributed by atoms with E-state index in [0.29, 0.717) is 16.5 Å². The molecule has 0 aliphatic heterocycles. The van der Waals surface area contributed by atoms with Gasteiger partial charge in [-0.15, -0.1) is 0 Å². The average molecular weight is 254 g/mol.